The zero-order valence-electron chi connectivity index (χ0n) is 10.2. The van der Waals surface area contributed by atoms with Crippen molar-refractivity contribution in [2.75, 3.05) is 24.6 Å². The number of aromatic nitrogens is 1. The van der Waals surface area contributed by atoms with Gasteiger partial charge in [-0.1, -0.05) is 0 Å². The fourth-order valence-corrected chi connectivity index (χ4v) is 2.48. The molecule has 5 heteroatoms. The molecule has 0 unspecified atom stereocenters. The second kappa shape index (κ2) is 4.92. The summed E-state index contributed by atoms with van der Waals surface area (Å²) < 4.78 is 6.67. The molecule has 0 saturated carbocycles. The highest BCUT2D eigenvalue weighted by atomic mass is 79.9. The molecule has 1 aliphatic heterocycles. The minimum Gasteiger partial charge on any atom is -0.372 e. The third-order valence-electron chi connectivity index (χ3n) is 2.85. The van der Waals surface area contributed by atoms with Gasteiger partial charge in [0.25, 0.3) is 0 Å². The van der Waals surface area contributed by atoms with E-state index in [0.29, 0.717) is 6.54 Å². The standard InChI is InChI=1S/C12H18BrN3O/c1-12(2)8-16(3-4-17-12)11-9(6-14)5-10(13)7-15-11/h5,7H,3-4,6,8,14H2,1-2H3. The number of anilines is 1. The summed E-state index contributed by atoms with van der Waals surface area (Å²) in [7, 11) is 0. The van der Waals surface area contributed by atoms with Gasteiger partial charge in [0.05, 0.1) is 12.2 Å². The first-order chi connectivity index (χ1) is 8.02. The molecule has 2 heterocycles. The van der Waals surface area contributed by atoms with Gasteiger partial charge in [-0.15, -0.1) is 0 Å². The molecule has 1 saturated heterocycles. The van der Waals surface area contributed by atoms with E-state index >= 15 is 0 Å². The molecule has 4 nitrogen and oxygen atoms in total. The van der Waals surface area contributed by atoms with Crippen molar-refractivity contribution >= 4 is 21.7 Å². The predicted molar refractivity (Wildman–Crippen MR) is 72.1 cm³/mol. The lowest BCUT2D eigenvalue weighted by molar-refractivity contribution is -0.0279. The summed E-state index contributed by atoms with van der Waals surface area (Å²) in [6.45, 7) is 7.13. The van der Waals surface area contributed by atoms with Crippen LogP contribution in [-0.4, -0.2) is 30.3 Å². The lowest BCUT2D eigenvalue weighted by atomic mass is 10.1. The zero-order chi connectivity index (χ0) is 12.5. The molecule has 2 N–H and O–H groups in total. The van der Waals surface area contributed by atoms with Crippen molar-refractivity contribution in [2.24, 2.45) is 5.73 Å². The molecule has 0 radical (unpaired) electrons. The monoisotopic (exact) mass is 299 g/mol. The molecule has 1 fully saturated rings. The highest BCUT2D eigenvalue weighted by Crippen LogP contribution is 2.26. The van der Waals surface area contributed by atoms with E-state index in [1.807, 2.05) is 12.3 Å². The van der Waals surface area contributed by atoms with Crippen LogP contribution in [0.15, 0.2) is 16.7 Å². The topological polar surface area (TPSA) is 51.4 Å². The van der Waals surface area contributed by atoms with Gasteiger partial charge in [-0.2, -0.15) is 0 Å². The number of rotatable bonds is 2. The molecule has 1 aromatic heterocycles. The number of nitrogens with two attached hydrogens (primary N) is 1. The van der Waals surface area contributed by atoms with Crippen LogP contribution in [0.2, 0.25) is 0 Å². The first kappa shape index (κ1) is 12.8. The van der Waals surface area contributed by atoms with Crippen LogP contribution >= 0.6 is 15.9 Å². The predicted octanol–water partition coefficient (Wildman–Crippen LogP) is 1.92. The van der Waals surface area contributed by atoms with Gasteiger partial charge in [0.1, 0.15) is 5.82 Å². The number of pyridine rings is 1. The Hall–Kier alpha value is -0.650. The van der Waals surface area contributed by atoms with E-state index in [1.54, 1.807) is 0 Å². The highest BCUT2D eigenvalue weighted by molar-refractivity contribution is 9.10. The van der Waals surface area contributed by atoms with E-state index in [-0.39, 0.29) is 5.60 Å². The number of morpholine rings is 1. The molecular formula is C12H18BrN3O. The molecule has 17 heavy (non-hydrogen) atoms. The van der Waals surface area contributed by atoms with Crippen LogP contribution < -0.4 is 10.6 Å². The summed E-state index contributed by atoms with van der Waals surface area (Å²) >= 11 is 3.42. The van der Waals surface area contributed by atoms with Gasteiger partial charge in [0.15, 0.2) is 0 Å². The van der Waals surface area contributed by atoms with E-state index in [4.69, 9.17) is 10.5 Å². The zero-order valence-corrected chi connectivity index (χ0v) is 11.8. The normalized spacial score (nSPS) is 19.4. The maximum Gasteiger partial charge on any atom is 0.133 e. The van der Waals surface area contributed by atoms with E-state index in [1.165, 1.54) is 0 Å². The van der Waals surface area contributed by atoms with Crippen LogP contribution in [0.4, 0.5) is 5.82 Å². The molecule has 0 amide bonds. The number of halogens is 1. The minimum absolute atomic E-state index is 0.126. The number of hydrogen-bond acceptors (Lipinski definition) is 4. The maximum atomic E-state index is 5.78. The second-order valence-corrected chi connectivity index (χ2v) is 5.79. The van der Waals surface area contributed by atoms with Gasteiger partial charge in [-0.25, -0.2) is 4.98 Å². The Balaban J connectivity index is 2.27. The number of nitrogens with zero attached hydrogens (tertiary/aromatic N) is 2. The van der Waals surface area contributed by atoms with Crippen LogP contribution in [0.3, 0.4) is 0 Å². The first-order valence-electron chi connectivity index (χ1n) is 5.75. The largest absolute Gasteiger partial charge is 0.372 e. The van der Waals surface area contributed by atoms with Crippen LogP contribution in [0.1, 0.15) is 19.4 Å². The van der Waals surface area contributed by atoms with Crippen molar-refractivity contribution in [1.82, 2.24) is 4.98 Å². The number of ether oxygens (including phenoxy) is 1. The van der Waals surface area contributed by atoms with Crippen LogP contribution in [0, 0.1) is 0 Å². The van der Waals surface area contributed by atoms with Crippen molar-refractivity contribution < 1.29 is 4.74 Å². The summed E-state index contributed by atoms with van der Waals surface area (Å²) in [5.74, 6) is 0.979. The van der Waals surface area contributed by atoms with E-state index in [2.05, 4.69) is 39.7 Å². The first-order valence-corrected chi connectivity index (χ1v) is 6.54. The van der Waals surface area contributed by atoms with Crippen molar-refractivity contribution in [1.29, 1.82) is 0 Å². The molecule has 0 bridgehead atoms. The minimum atomic E-state index is -0.126. The molecular weight excluding hydrogens is 282 g/mol. The van der Waals surface area contributed by atoms with Crippen molar-refractivity contribution in [3.63, 3.8) is 0 Å². The van der Waals surface area contributed by atoms with Crippen LogP contribution in [0.25, 0.3) is 0 Å². The SMILES string of the molecule is CC1(C)CN(c2ncc(Br)cc2CN)CCO1. The Bertz CT molecular complexity index is 409. The Morgan fingerprint density at radius 2 is 2.35 bits per heavy atom. The highest BCUT2D eigenvalue weighted by Gasteiger charge is 2.28. The molecule has 0 spiro atoms. The van der Waals surface area contributed by atoms with Crippen LogP contribution in [-0.2, 0) is 11.3 Å². The smallest absolute Gasteiger partial charge is 0.133 e. The van der Waals surface area contributed by atoms with Crippen LogP contribution in [0.5, 0.6) is 0 Å². The Kier molecular flexibility index (Phi) is 3.70. The van der Waals surface area contributed by atoms with Gasteiger partial charge in [0, 0.05) is 35.9 Å². The fourth-order valence-electron chi connectivity index (χ4n) is 2.11. The van der Waals surface area contributed by atoms with E-state index in [0.717, 1.165) is 35.6 Å². The summed E-state index contributed by atoms with van der Waals surface area (Å²) in [5.41, 5.74) is 6.72. The summed E-state index contributed by atoms with van der Waals surface area (Å²) in [6.07, 6.45) is 1.82. The summed E-state index contributed by atoms with van der Waals surface area (Å²) in [5, 5.41) is 0. The van der Waals surface area contributed by atoms with Gasteiger partial charge in [-0.3, -0.25) is 0 Å². The molecule has 94 valence electrons. The lowest BCUT2D eigenvalue weighted by Gasteiger charge is -2.39. The van der Waals surface area contributed by atoms with Crippen molar-refractivity contribution in [3.05, 3.63) is 22.3 Å². The molecule has 2 rings (SSSR count). The molecule has 0 atom stereocenters. The van der Waals surface area contributed by atoms with E-state index < -0.39 is 0 Å². The van der Waals surface area contributed by atoms with E-state index in [9.17, 15) is 0 Å². The third-order valence-corrected chi connectivity index (χ3v) is 3.29. The average Bonchev–Trinajstić information content (AvgIpc) is 2.27. The molecule has 0 aliphatic carbocycles. The van der Waals surface area contributed by atoms with Gasteiger partial charge in [-0.05, 0) is 35.8 Å². The number of hydrogen-bond donors (Lipinski definition) is 1. The molecule has 0 aromatic carbocycles. The van der Waals surface area contributed by atoms with Gasteiger partial charge in [0.2, 0.25) is 0 Å². The summed E-state index contributed by atoms with van der Waals surface area (Å²) in [6, 6.07) is 2.03. The Labute approximate surface area is 110 Å². The Morgan fingerprint density at radius 1 is 1.59 bits per heavy atom. The quantitative estimate of drug-likeness (QED) is 0.906. The average molecular weight is 300 g/mol. The third kappa shape index (κ3) is 2.97. The maximum absolute atomic E-state index is 5.78. The molecule has 1 aromatic rings. The lowest BCUT2D eigenvalue weighted by Crippen LogP contribution is -2.49. The summed E-state index contributed by atoms with van der Waals surface area (Å²) in [4.78, 5) is 6.73. The van der Waals surface area contributed by atoms with Gasteiger partial charge >= 0.3 is 0 Å². The van der Waals surface area contributed by atoms with Crippen molar-refractivity contribution in [3.8, 4) is 0 Å². The second-order valence-electron chi connectivity index (χ2n) is 4.87. The van der Waals surface area contributed by atoms with Crippen molar-refractivity contribution in [2.45, 2.75) is 26.0 Å². The fraction of sp³-hybridized carbons (Fsp3) is 0.583. The van der Waals surface area contributed by atoms with Gasteiger partial charge < -0.3 is 15.4 Å². The Morgan fingerprint density at radius 3 is 3.00 bits per heavy atom. The molecule has 1 aliphatic rings.